The fraction of sp³-hybridized carbons (Fsp3) is 0.538. The Labute approximate surface area is 128 Å². The molecule has 1 N–H and O–H groups in total. The largest absolute Gasteiger partial charge is 0.383 e. The van der Waals surface area contributed by atoms with Crippen LogP contribution in [0.4, 0.5) is 10.1 Å². The van der Waals surface area contributed by atoms with E-state index in [2.05, 4.69) is 5.32 Å². The highest BCUT2D eigenvalue weighted by atomic mass is 35.5. The second-order valence-corrected chi connectivity index (χ2v) is 4.71. The number of hydrogen-bond acceptors (Lipinski definition) is 4. The van der Waals surface area contributed by atoms with Crippen LogP contribution in [0, 0.1) is 5.82 Å². The highest BCUT2D eigenvalue weighted by molar-refractivity contribution is 6.35. The zero-order valence-corrected chi connectivity index (χ0v) is 12.8. The minimum Gasteiger partial charge on any atom is -0.383 e. The number of methoxy groups -OCH3 is 1. The summed E-state index contributed by atoms with van der Waals surface area (Å²) in [7, 11) is 1.62. The molecule has 20 heavy (non-hydrogen) atoms. The van der Waals surface area contributed by atoms with Gasteiger partial charge in [0.2, 0.25) is 0 Å². The molecule has 1 rings (SSSR count). The van der Waals surface area contributed by atoms with Crippen LogP contribution in [0.1, 0.15) is 0 Å². The molecular formula is C13H18Cl2FNO3. The van der Waals surface area contributed by atoms with E-state index in [1.165, 1.54) is 12.1 Å². The lowest BCUT2D eigenvalue weighted by Gasteiger charge is -2.09. The van der Waals surface area contributed by atoms with Gasteiger partial charge in [0.25, 0.3) is 0 Å². The third kappa shape index (κ3) is 6.72. The second kappa shape index (κ2) is 10.2. The summed E-state index contributed by atoms with van der Waals surface area (Å²) in [6.45, 7) is 3.24. The topological polar surface area (TPSA) is 39.7 Å². The van der Waals surface area contributed by atoms with Gasteiger partial charge in [-0.1, -0.05) is 23.2 Å². The molecule has 7 heteroatoms. The fourth-order valence-electron chi connectivity index (χ4n) is 1.39. The van der Waals surface area contributed by atoms with E-state index in [-0.39, 0.29) is 10.0 Å². The van der Waals surface area contributed by atoms with Crippen LogP contribution in [0.2, 0.25) is 10.0 Å². The molecule has 0 heterocycles. The summed E-state index contributed by atoms with van der Waals surface area (Å²) in [6.07, 6.45) is 0. The summed E-state index contributed by atoms with van der Waals surface area (Å²) in [5.41, 5.74) is 0.654. The standard InChI is InChI=1S/C13H18Cl2FNO3/c1-18-4-5-20-7-6-19-3-2-17-10-8-11(14)13(16)12(15)9-10/h8-9,17H,2-7H2,1H3. The predicted molar refractivity (Wildman–Crippen MR) is 78.4 cm³/mol. The van der Waals surface area contributed by atoms with Crippen LogP contribution >= 0.6 is 23.2 Å². The molecule has 0 unspecified atom stereocenters. The molecule has 0 aliphatic heterocycles. The van der Waals surface area contributed by atoms with Gasteiger partial charge in [-0.15, -0.1) is 0 Å². The molecule has 114 valence electrons. The molecule has 0 saturated carbocycles. The van der Waals surface area contributed by atoms with Crippen LogP contribution in [0.15, 0.2) is 12.1 Å². The van der Waals surface area contributed by atoms with Crippen LogP contribution in [-0.2, 0) is 14.2 Å². The molecular weight excluding hydrogens is 308 g/mol. The van der Waals surface area contributed by atoms with Crippen molar-refractivity contribution in [1.29, 1.82) is 0 Å². The molecule has 0 bridgehead atoms. The summed E-state index contributed by atoms with van der Waals surface area (Å²) in [6, 6.07) is 2.97. The Balaban J connectivity index is 2.10. The Morgan fingerprint density at radius 3 is 2.15 bits per heavy atom. The number of rotatable bonds is 10. The van der Waals surface area contributed by atoms with Gasteiger partial charge in [0.1, 0.15) is 0 Å². The minimum atomic E-state index is -0.608. The van der Waals surface area contributed by atoms with E-state index in [9.17, 15) is 4.39 Å². The van der Waals surface area contributed by atoms with Gasteiger partial charge in [0.05, 0.1) is 43.1 Å². The normalized spacial score (nSPS) is 10.8. The van der Waals surface area contributed by atoms with Crippen molar-refractivity contribution in [2.24, 2.45) is 0 Å². The summed E-state index contributed by atoms with van der Waals surface area (Å²) < 4.78 is 28.6. The van der Waals surface area contributed by atoms with Crippen LogP contribution in [0.25, 0.3) is 0 Å². The number of anilines is 1. The molecule has 0 atom stereocenters. The summed E-state index contributed by atoms with van der Waals surface area (Å²) in [4.78, 5) is 0. The molecule has 1 aromatic carbocycles. The quantitative estimate of drug-likeness (QED) is 0.529. The first kappa shape index (κ1) is 17.5. The fourth-order valence-corrected chi connectivity index (χ4v) is 1.88. The zero-order chi connectivity index (χ0) is 14.8. The van der Waals surface area contributed by atoms with Crippen molar-refractivity contribution in [3.05, 3.63) is 28.0 Å². The van der Waals surface area contributed by atoms with Gasteiger partial charge in [-0.05, 0) is 12.1 Å². The molecule has 0 amide bonds. The Morgan fingerprint density at radius 1 is 1.00 bits per heavy atom. The van der Waals surface area contributed by atoms with Crippen LogP contribution in [0.5, 0.6) is 0 Å². The highest BCUT2D eigenvalue weighted by Crippen LogP contribution is 2.27. The number of hydrogen-bond donors (Lipinski definition) is 1. The lowest BCUT2D eigenvalue weighted by Crippen LogP contribution is -2.13. The SMILES string of the molecule is COCCOCCOCCNc1cc(Cl)c(F)c(Cl)c1. The molecule has 4 nitrogen and oxygen atoms in total. The monoisotopic (exact) mass is 325 g/mol. The molecule has 0 aliphatic carbocycles. The van der Waals surface area contributed by atoms with Gasteiger partial charge in [0, 0.05) is 19.3 Å². The van der Waals surface area contributed by atoms with Crippen molar-refractivity contribution in [2.75, 3.05) is 52.0 Å². The van der Waals surface area contributed by atoms with Crippen LogP contribution in [0.3, 0.4) is 0 Å². The summed E-state index contributed by atoms with van der Waals surface area (Å²) >= 11 is 11.4. The third-order valence-corrected chi connectivity index (χ3v) is 2.91. The van der Waals surface area contributed by atoms with E-state index in [1.807, 2.05) is 0 Å². The minimum absolute atomic E-state index is 0.00698. The van der Waals surface area contributed by atoms with Crippen molar-refractivity contribution < 1.29 is 18.6 Å². The average Bonchev–Trinajstić information content (AvgIpc) is 2.43. The van der Waals surface area contributed by atoms with Gasteiger partial charge < -0.3 is 19.5 Å². The third-order valence-electron chi connectivity index (χ3n) is 2.36. The van der Waals surface area contributed by atoms with Gasteiger partial charge in [0.15, 0.2) is 5.82 Å². The predicted octanol–water partition coefficient (Wildman–Crippen LogP) is 3.22. The maximum atomic E-state index is 13.2. The van der Waals surface area contributed by atoms with E-state index >= 15 is 0 Å². The van der Waals surface area contributed by atoms with Crippen LogP contribution < -0.4 is 5.32 Å². The van der Waals surface area contributed by atoms with Gasteiger partial charge in [-0.25, -0.2) is 4.39 Å². The number of nitrogens with one attached hydrogen (secondary N) is 1. The van der Waals surface area contributed by atoms with Crippen molar-refractivity contribution >= 4 is 28.9 Å². The molecule has 1 aromatic rings. The molecule has 0 saturated heterocycles. The van der Waals surface area contributed by atoms with E-state index in [0.717, 1.165) is 0 Å². The van der Waals surface area contributed by atoms with Gasteiger partial charge in [-0.2, -0.15) is 0 Å². The molecule has 0 spiro atoms. The van der Waals surface area contributed by atoms with Crippen molar-refractivity contribution in [1.82, 2.24) is 0 Å². The summed E-state index contributed by atoms with van der Waals surface area (Å²) in [5.74, 6) is -0.608. The van der Waals surface area contributed by atoms with E-state index in [1.54, 1.807) is 7.11 Å². The van der Waals surface area contributed by atoms with E-state index < -0.39 is 5.82 Å². The average molecular weight is 326 g/mol. The van der Waals surface area contributed by atoms with Crippen molar-refractivity contribution in [3.63, 3.8) is 0 Å². The zero-order valence-electron chi connectivity index (χ0n) is 11.3. The molecule has 0 aliphatic rings. The lowest BCUT2D eigenvalue weighted by atomic mass is 10.3. The van der Waals surface area contributed by atoms with Gasteiger partial charge in [-0.3, -0.25) is 0 Å². The Kier molecular flexibility index (Phi) is 8.89. The van der Waals surface area contributed by atoms with Crippen molar-refractivity contribution in [2.45, 2.75) is 0 Å². The van der Waals surface area contributed by atoms with E-state index in [0.29, 0.717) is 45.3 Å². The maximum Gasteiger partial charge on any atom is 0.160 e. The van der Waals surface area contributed by atoms with E-state index in [4.69, 9.17) is 37.4 Å². The molecule has 0 fully saturated rings. The summed E-state index contributed by atoms with van der Waals surface area (Å²) in [5, 5.41) is 3.03. The first-order valence-electron chi connectivity index (χ1n) is 6.18. The van der Waals surface area contributed by atoms with Gasteiger partial charge >= 0.3 is 0 Å². The second-order valence-electron chi connectivity index (χ2n) is 3.90. The van der Waals surface area contributed by atoms with Crippen LogP contribution in [-0.4, -0.2) is 46.7 Å². The van der Waals surface area contributed by atoms with Crippen molar-refractivity contribution in [3.8, 4) is 0 Å². The Morgan fingerprint density at radius 2 is 1.55 bits per heavy atom. The first-order chi connectivity index (χ1) is 9.65. The highest BCUT2D eigenvalue weighted by Gasteiger charge is 2.06. The molecule has 0 aromatic heterocycles. The number of halogens is 3. The number of ether oxygens (including phenoxy) is 3. The maximum absolute atomic E-state index is 13.2. The first-order valence-corrected chi connectivity index (χ1v) is 6.93. The lowest BCUT2D eigenvalue weighted by molar-refractivity contribution is 0.0272. The Hall–Kier alpha value is -0.590. The Bertz CT molecular complexity index is 384. The number of benzene rings is 1. The molecule has 0 radical (unpaired) electrons. The smallest absolute Gasteiger partial charge is 0.160 e.